The first-order valence-electron chi connectivity index (χ1n) is 7.87. The summed E-state index contributed by atoms with van der Waals surface area (Å²) in [5.41, 5.74) is 0.926. The highest BCUT2D eigenvalue weighted by atomic mass is 16.5. The number of amides is 1. The lowest BCUT2D eigenvalue weighted by Gasteiger charge is -2.32. The lowest BCUT2D eigenvalue weighted by molar-refractivity contribution is -0.133. The number of ether oxygens (including phenoxy) is 1. The zero-order valence-corrected chi connectivity index (χ0v) is 12.8. The van der Waals surface area contributed by atoms with Crippen LogP contribution in [0.25, 0.3) is 0 Å². The molecule has 5 heteroatoms. The van der Waals surface area contributed by atoms with Gasteiger partial charge in [-0.2, -0.15) is 4.98 Å². The van der Waals surface area contributed by atoms with Gasteiger partial charge in [-0.15, -0.1) is 0 Å². The molecular weight excluding hydrogens is 266 g/mol. The maximum Gasteiger partial charge on any atom is 0.222 e. The van der Waals surface area contributed by atoms with Crippen LogP contribution in [0, 0.1) is 19.8 Å². The summed E-state index contributed by atoms with van der Waals surface area (Å²) in [7, 11) is 0. The molecule has 0 spiro atoms. The van der Waals surface area contributed by atoms with E-state index in [2.05, 4.69) is 9.97 Å². The Hall–Kier alpha value is -1.65. The molecule has 0 N–H and O–H groups in total. The summed E-state index contributed by atoms with van der Waals surface area (Å²) in [4.78, 5) is 22.6. The fraction of sp³-hybridized carbons (Fsp3) is 0.688. The zero-order valence-electron chi connectivity index (χ0n) is 12.8. The number of hydrogen-bond acceptors (Lipinski definition) is 4. The molecule has 0 aromatic carbocycles. The van der Waals surface area contributed by atoms with Gasteiger partial charge in [0.2, 0.25) is 11.8 Å². The topological polar surface area (TPSA) is 55.3 Å². The molecule has 2 heterocycles. The molecule has 1 aliphatic heterocycles. The van der Waals surface area contributed by atoms with Crippen LogP contribution in [-0.4, -0.2) is 40.0 Å². The molecule has 1 aromatic rings. The van der Waals surface area contributed by atoms with Crippen molar-refractivity contribution in [3.8, 4) is 5.88 Å². The van der Waals surface area contributed by atoms with Gasteiger partial charge in [-0.25, -0.2) is 4.98 Å². The van der Waals surface area contributed by atoms with Crippen LogP contribution < -0.4 is 4.74 Å². The standard InChI is InChI=1S/C16H23N3O2/c1-11-9-15(18-12(2)17-11)21-14-5-7-19(8-6-14)16(20)10-13-3-4-13/h9,13-14H,3-8,10H2,1-2H3. The van der Waals surface area contributed by atoms with Gasteiger partial charge in [-0.05, 0) is 32.6 Å². The maximum atomic E-state index is 12.1. The zero-order chi connectivity index (χ0) is 14.8. The van der Waals surface area contributed by atoms with Gasteiger partial charge in [0.15, 0.2) is 0 Å². The molecule has 2 aliphatic rings. The molecular formula is C16H23N3O2. The molecule has 3 rings (SSSR count). The predicted octanol–water partition coefficient (Wildman–Crippen LogP) is 2.26. The maximum absolute atomic E-state index is 12.1. The van der Waals surface area contributed by atoms with Gasteiger partial charge >= 0.3 is 0 Å². The highest BCUT2D eigenvalue weighted by Gasteiger charge is 2.29. The smallest absolute Gasteiger partial charge is 0.222 e. The van der Waals surface area contributed by atoms with Gasteiger partial charge in [0.05, 0.1) is 0 Å². The Kier molecular flexibility index (Phi) is 4.08. The van der Waals surface area contributed by atoms with E-state index in [4.69, 9.17) is 4.74 Å². The highest BCUT2D eigenvalue weighted by molar-refractivity contribution is 5.76. The molecule has 0 atom stereocenters. The van der Waals surface area contributed by atoms with Crippen LogP contribution in [0.4, 0.5) is 0 Å². The number of nitrogens with zero attached hydrogens (tertiary/aromatic N) is 3. The summed E-state index contributed by atoms with van der Waals surface area (Å²) in [5.74, 6) is 2.38. The van der Waals surface area contributed by atoms with Crippen molar-refractivity contribution >= 4 is 5.91 Å². The predicted molar refractivity (Wildman–Crippen MR) is 79.1 cm³/mol. The number of carbonyl (C=O) groups is 1. The number of piperidine rings is 1. The lowest BCUT2D eigenvalue weighted by Crippen LogP contribution is -2.42. The van der Waals surface area contributed by atoms with Gasteiger partial charge in [0, 0.05) is 44.1 Å². The van der Waals surface area contributed by atoms with Crippen LogP contribution in [0.15, 0.2) is 6.07 Å². The van der Waals surface area contributed by atoms with E-state index in [0.29, 0.717) is 17.7 Å². The summed E-state index contributed by atoms with van der Waals surface area (Å²) in [6.45, 7) is 5.43. The molecule has 0 radical (unpaired) electrons. The quantitative estimate of drug-likeness (QED) is 0.853. The van der Waals surface area contributed by atoms with Crippen molar-refractivity contribution in [1.29, 1.82) is 0 Å². The van der Waals surface area contributed by atoms with Crippen LogP contribution in [0.3, 0.4) is 0 Å². The third-order valence-corrected chi connectivity index (χ3v) is 4.18. The average Bonchev–Trinajstić information content (AvgIpc) is 3.22. The number of hydrogen-bond donors (Lipinski definition) is 0. The number of aromatic nitrogens is 2. The van der Waals surface area contributed by atoms with Crippen LogP contribution in [-0.2, 0) is 4.79 Å². The molecule has 21 heavy (non-hydrogen) atoms. The van der Waals surface area contributed by atoms with Gasteiger partial charge in [-0.3, -0.25) is 4.79 Å². The van der Waals surface area contributed by atoms with Gasteiger partial charge in [-0.1, -0.05) is 0 Å². The Morgan fingerprint density at radius 3 is 2.57 bits per heavy atom. The van der Waals surface area contributed by atoms with E-state index in [1.54, 1.807) is 0 Å². The first-order valence-corrected chi connectivity index (χ1v) is 7.87. The van der Waals surface area contributed by atoms with E-state index in [1.807, 2.05) is 24.8 Å². The molecule has 0 unspecified atom stereocenters. The molecule has 1 saturated heterocycles. The minimum atomic E-state index is 0.156. The second-order valence-electron chi connectivity index (χ2n) is 6.24. The minimum absolute atomic E-state index is 0.156. The summed E-state index contributed by atoms with van der Waals surface area (Å²) < 4.78 is 5.95. The van der Waals surface area contributed by atoms with Crippen LogP contribution in [0.5, 0.6) is 5.88 Å². The van der Waals surface area contributed by atoms with Crippen LogP contribution in [0.2, 0.25) is 0 Å². The Morgan fingerprint density at radius 1 is 1.24 bits per heavy atom. The SMILES string of the molecule is Cc1cc(OC2CCN(C(=O)CC3CC3)CC2)nc(C)n1. The van der Waals surface area contributed by atoms with E-state index in [9.17, 15) is 4.79 Å². The molecule has 1 saturated carbocycles. The lowest BCUT2D eigenvalue weighted by atomic mass is 10.1. The number of carbonyl (C=O) groups excluding carboxylic acids is 1. The van der Waals surface area contributed by atoms with Crippen LogP contribution in [0.1, 0.15) is 43.6 Å². The molecule has 2 fully saturated rings. The summed E-state index contributed by atoms with van der Waals surface area (Å²) in [5, 5.41) is 0. The minimum Gasteiger partial charge on any atom is -0.474 e. The van der Waals surface area contributed by atoms with Crippen molar-refractivity contribution in [2.24, 2.45) is 5.92 Å². The second kappa shape index (κ2) is 6.00. The van der Waals surface area contributed by atoms with E-state index in [-0.39, 0.29) is 6.10 Å². The van der Waals surface area contributed by atoms with Crippen LogP contribution >= 0.6 is 0 Å². The van der Waals surface area contributed by atoms with Gasteiger partial charge < -0.3 is 9.64 Å². The largest absolute Gasteiger partial charge is 0.474 e. The Morgan fingerprint density at radius 2 is 1.95 bits per heavy atom. The molecule has 114 valence electrons. The van der Waals surface area contributed by atoms with Gasteiger partial charge in [0.25, 0.3) is 0 Å². The molecule has 1 aliphatic carbocycles. The van der Waals surface area contributed by atoms with Crippen molar-refractivity contribution in [1.82, 2.24) is 14.9 Å². The molecule has 0 bridgehead atoms. The normalized spacial score (nSPS) is 19.6. The van der Waals surface area contributed by atoms with E-state index in [0.717, 1.165) is 43.9 Å². The number of likely N-dealkylation sites (tertiary alicyclic amines) is 1. The summed E-state index contributed by atoms with van der Waals surface area (Å²) in [6, 6.07) is 1.87. The van der Waals surface area contributed by atoms with E-state index >= 15 is 0 Å². The van der Waals surface area contributed by atoms with Gasteiger partial charge in [0.1, 0.15) is 11.9 Å². The first-order chi connectivity index (χ1) is 10.1. The van der Waals surface area contributed by atoms with Crippen molar-refractivity contribution in [2.45, 2.75) is 52.1 Å². The fourth-order valence-corrected chi connectivity index (χ4v) is 2.84. The third-order valence-electron chi connectivity index (χ3n) is 4.18. The second-order valence-corrected chi connectivity index (χ2v) is 6.24. The summed E-state index contributed by atoms with van der Waals surface area (Å²) in [6.07, 6.45) is 5.14. The van der Waals surface area contributed by atoms with Crippen molar-refractivity contribution in [3.05, 3.63) is 17.6 Å². The van der Waals surface area contributed by atoms with E-state index < -0.39 is 0 Å². The molecule has 1 aromatic heterocycles. The van der Waals surface area contributed by atoms with Crippen molar-refractivity contribution in [2.75, 3.05) is 13.1 Å². The highest BCUT2D eigenvalue weighted by Crippen LogP contribution is 2.33. The van der Waals surface area contributed by atoms with E-state index in [1.165, 1.54) is 12.8 Å². The van der Waals surface area contributed by atoms with Crippen molar-refractivity contribution in [3.63, 3.8) is 0 Å². The molecule has 1 amide bonds. The fourth-order valence-electron chi connectivity index (χ4n) is 2.84. The summed E-state index contributed by atoms with van der Waals surface area (Å²) >= 11 is 0. The molecule has 5 nitrogen and oxygen atoms in total. The average molecular weight is 289 g/mol. The third kappa shape index (κ3) is 3.93. The Balaban J connectivity index is 1.49. The number of aryl methyl sites for hydroxylation is 2. The first kappa shape index (κ1) is 14.3. The monoisotopic (exact) mass is 289 g/mol. The Labute approximate surface area is 125 Å². The Bertz CT molecular complexity index is 500. The number of rotatable bonds is 4. The van der Waals surface area contributed by atoms with Crippen molar-refractivity contribution < 1.29 is 9.53 Å².